The Morgan fingerprint density at radius 3 is 2.41 bits per heavy atom. The van der Waals surface area contributed by atoms with E-state index in [-0.39, 0.29) is 17.7 Å². The van der Waals surface area contributed by atoms with Gasteiger partial charge in [0.05, 0.1) is 7.11 Å². The molecule has 0 aliphatic carbocycles. The minimum Gasteiger partial charge on any atom is -0.497 e. The number of nitrogens with zero attached hydrogens (tertiary/aromatic N) is 2. The summed E-state index contributed by atoms with van der Waals surface area (Å²) < 4.78 is 5.14. The Labute approximate surface area is 203 Å². The van der Waals surface area contributed by atoms with Crippen LogP contribution in [0.1, 0.15) is 42.2 Å². The average Bonchev–Trinajstić information content (AvgIpc) is 2.85. The first kappa shape index (κ1) is 25.7. The second kappa shape index (κ2) is 12.5. The normalized spacial score (nSPS) is 17.9. The number of hydrogen-bond acceptors (Lipinski definition) is 5. The summed E-state index contributed by atoms with van der Waals surface area (Å²) in [4.78, 5) is 30.4. The Morgan fingerprint density at radius 2 is 1.76 bits per heavy atom. The molecule has 0 bridgehead atoms. The summed E-state index contributed by atoms with van der Waals surface area (Å²) in [6.45, 7) is 8.43. The molecule has 0 aromatic heterocycles. The molecule has 7 heteroatoms. The summed E-state index contributed by atoms with van der Waals surface area (Å²) in [5.41, 5.74) is 1.83. The van der Waals surface area contributed by atoms with Crippen molar-refractivity contribution in [2.45, 2.75) is 32.4 Å². The number of piperazine rings is 1. The third-order valence-corrected chi connectivity index (χ3v) is 6.39. The molecular weight excluding hydrogens is 428 g/mol. The van der Waals surface area contributed by atoms with Gasteiger partial charge in [-0.15, -0.1) is 0 Å². The van der Waals surface area contributed by atoms with Gasteiger partial charge in [-0.1, -0.05) is 44.2 Å². The first-order valence-corrected chi connectivity index (χ1v) is 12.1. The minimum absolute atomic E-state index is 0.0257. The molecule has 1 saturated heterocycles. The molecule has 1 aliphatic rings. The highest BCUT2D eigenvalue weighted by Crippen LogP contribution is 2.24. The predicted octanol–water partition coefficient (Wildman–Crippen LogP) is 2.94. The Balaban J connectivity index is 1.50. The van der Waals surface area contributed by atoms with Gasteiger partial charge in [0.15, 0.2) is 0 Å². The first-order chi connectivity index (χ1) is 16.4. The van der Waals surface area contributed by atoms with Crippen LogP contribution in [0.15, 0.2) is 54.6 Å². The standard InChI is InChI=1S/C27H38N4O3/c1-20(2)25(29-26(32)22-11-13-23(34-4)14-12-22)27(33)28-15-8-16-31-18-17-30(3)19-24(31)21-9-6-5-7-10-21/h5-7,9-14,20,24-25H,8,15-19H2,1-4H3,(H,28,33)(H,29,32). The van der Waals surface area contributed by atoms with Gasteiger partial charge < -0.3 is 20.3 Å². The third kappa shape index (κ3) is 7.05. The molecule has 34 heavy (non-hydrogen) atoms. The molecule has 1 aliphatic heterocycles. The molecule has 2 amide bonds. The van der Waals surface area contributed by atoms with E-state index in [0.717, 1.165) is 32.6 Å². The largest absolute Gasteiger partial charge is 0.497 e. The van der Waals surface area contributed by atoms with Crippen LogP contribution in [0.25, 0.3) is 0 Å². The van der Waals surface area contributed by atoms with Gasteiger partial charge in [0.1, 0.15) is 11.8 Å². The van der Waals surface area contributed by atoms with Crippen LogP contribution in [0.3, 0.4) is 0 Å². The van der Waals surface area contributed by atoms with E-state index in [0.29, 0.717) is 23.9 Å². The number of methoxy groups -OCH3 is 1. The second-order valence-electron chi connectivity index (χ2n) is 9.29. The average molecular weight is 467 g/mol. The quantitative estimate of drug-likeness (QED) is 0.527. The van der Waals surface area contributed by atoms with Crippen molar-refractivity contribution in [2.75, 3.05) is 46.9 Å². The zero-order valence-electron chi connectivity index (χ0n) is 20.8. The summed E-state index contributed by atoms with van der Waals surface area (Å²) in [7, 11) is 3.75. The SMILES string of the molecule is COc1ccc(C(=O)NC(C(=O)NCCCN2CCN(C)CC2c2ccccc2)C(C)C)cc1. The number of likely N-dealkylation sites (N-methyl/N-ethyl adjacent to an activating group) is 1. The summed E-state index contributed by atoms with van der Waals surface area (Å²) >= 11 is 0. The van der Waals surface area contributed by atoms with Gasteiger partial charge >= 0.3 is 0 Å². The molecule has 0 spiro atoms. The van der Waals surface area contributed by atoms with Gasteiger partial charge in [-0.05, 0) is 49.2 Å². The van der Waals surface area contributed by atoms with Crippen LogP contribution < -0.4 is 15.4 Å². The lowest BCUT2D eigenvalue weighted by atomic mass is 10.0. The molecule has 7 nitrogen and oxygen atoms in total. The number of hydrogen-bond donors (Lipinski definition) is 2. The van der Waals surface area contributed by atoms with Crippen LogP contribution in [0.2, 0.25) is 0 Å². The van der Waals surface area contributed by atoms with Crippen molar-refractivity contribution in [3.8, 4) is 5.75 Å². The molecule has 2 atom stereocenters. The van der Waals surface area contributed by atoms with E-state index in [1.54, 1.807) is 31.4 Å². The minimum atomic E-state index is -0.588. The van der Waals surface area contributed by atoms with Crippen LogP contribution in [0.5, 0.6) is 5.75 Å². The number of carbonyl (C=O) groups is 2. The van der Waals surface area contributed by atoms with Gasteiger partial charge in [-0.3, -0.25) is 14.5 Å². The molecule has 1 heterocycles. The van der Waals surface area contributed by atoms with Crippen molar-refractivity contribution in [3.05, 3.63) is 65.7 Å². The Morgan fingerprint density at radius 1 is 1.06 bits per heavy atom. The lowest BCUT2D eigenvalue weighted by Gasteiger charge is -2.40. The van der Waals surface area contributed by atoms with Gasteiger partial charge in [-0.2, -0.15) is 0 Å². The summed E-state index contributed by atoms with van der Waals surface area (Å²) in [6.07, 6.45) is 0.857. The predicted molar refractivity (Wildman–Crippen MR) is 135 cm³/mol. The fourth-order valence-corrected chi connectivity index (χ4v) is 4.32. The number of benzene rings is 2. The van der Waals surface area contributed by atoms with E-state index in [2.05, 4.69) is 57.8 Å². The Hall–Kier alpha value is -2.90. The van der Waals surface area contributed by atoms with E-state index in [4.69, 9.17) is 4.74 Å². The zero-order chi connectivity index (χ0) is 24.5. The van der Waals surface area contributed by atoms with Crippen molar-refractivity contribution >= 4 is 11.8 Å². The van der Waals surface area contributed by atoms with Crippen molar-refractivity contribution < 1.29 is 14.3 Å². The van der Waals surface area contributed by atoms with E-state index in [9.17, 15) is 9.59 Å². The molecule has 2 unspecified atom stereocenters. The van der Waals surface area contributed by atoms with Gasteiger partial charge in [-0.25, -0.2) is 0 Å². The van der Waals surface area contributed by atoms with Gasteiger partial charge in [0.25, 0.3) is 5.91 Å². The monoisotopic (exact) mass is 466 g/mol. The fourth-order valence-electron chi connectivity index (χ4n) is 4.32. The summed E-state index contributed by atoms with van der Waals surface area (Å²) in [6, 6.07) is 17.3. The maximum atomic E-state index is 12.9. The van der Waals surface area contributed by atoms with Crippen molar-refractivity contribution in [2.24, 2.45) is 5.92 Å². The fraction of sp³-hybridized carbons (Fsp3) is 0.481. The highest BCUT2D eigenvalue weighted by molar-refractivity contribution is 5.97. The molecular formula is C27H38N4O3. The van der Waals surface area contributed by atoms with Crippen LogP contribution in [-0.4, -0.2) is 74.5 Å². The molecule has 2 aromatic carbocycles. The summed E-state index contributed by atoms with van der Waals surface area (Å²) in [5.74, 6) is 0.251. The molecule has 2 aromatic rings. The number of rotatable bonds is 10. The Bertz CT molecular complexity index is 917. The molecule has 1 fully saturated rings. The zero-order valence-corrected chi connectivity index (χ0v) is 20.8. The first-order valence-electron chi connectivity index (χ1n) is 12.1. The number of ether oxygens (including phenoxy) is 1. The molecule has 3 rings (SSSR count). The topological polar surface area (TPSA) is 73.9 Å². The molecule has 0 radical (unpaired) electrons. The van der Waals surface area contributed by atoms with Crippen molar-refractivity contribution in [3.63, 3.8) is 0 Å². The van der Waals surface area contributed by atoms with E-state index < -0.39 is 6.04 Å². The number of amides is 2. The highest BCUT2D eigenvalue weighted by Gasteiger charge is 2.27. The van der Waals surface area contributed by atoms with Crippen LogP contribution in [0, 0.1) is 5.92 Å². The number of carbonyl (C=O) groups excluding carboxylic acids is 2. The molecule has 0 saturated carbocycles. The van der Waals surface area contributed by atoms with Crippen LogP contribution in [-0.2, 0) is 4.79 Å². The van der Waals surface area contributed by atoms with Crippen molar-refractivity contribution in [1.29, 1.82) is 0 Å². The van der Waals surface area contributed by atoms with E-state index in [1.807, 2.05) is 13.8 Å². The molecule has 2 N–H and O–H groups in total. The smallest absolute Gasteiger partial charge is 0.251 e. The van der Waals surface area contributed by atoms with Crippen LogP contribution in [0.4, 0.5) is 0 Å². The number of nitrogens with one attached hydrogen (secondary N) is 2. The lowest BCUT2D eigenvalue weighted by molar-refractivity contribution is -0.123. The maximum Gasteiger partial charge on any atom is 0.251 e. The second-order valence-corrected chi connectivity index (χ2v) is 9.29. The Kier molecular flexibility index (Phi) is 9.48. The third-order valence-electron chi connectivity index (χ3n) is 6.39. The lowest BCUT2D eigenvalue weighted by Crippen LogP contribution is -2.50. The van der Waals surface area contributed by atoms with E-state index in [1.165, 1.54) is 5.56 Å². The van der Waals surface area contributed by atoms with Gasteiger partial charge in [0.2, 0.25) is 5.91 Å². The van der Waals surface area contributed by atoms with Gasteiger partial charge in [0, 0.05) is 44.3 Å². The highest BCUT2D eigenvalue weighted by atomic mass is 16.5. The van der Waals surface area contributed by atoms with E-state index >= 15 is 0 Å². The maximum absolute atomic E-state index is 12.9. The van der Waals surface area contributed by atoms with Crippen LogP contribution >= 0.6 is 0 Å². The molecule has 184 valence electrons. The summed E-state index contributed by atoms with van der Waals surface area (Å²) in [5, 5.41) is 5.92. The van der Waals surface area contributed by atoms with Crippen molar-refractivity contribution in [1.82, 2.24) is 20.4 Å².